The fourth-order valence-electron chi connectivity index (χ4n) is 2.58. The lowest BCUT2D eigenvalue weighted by Crippen LogP contribution is -2.29. The number of aromatic amines is 1. The van der Waals surface area contributed by atoms with Crippen LogP contribution in [0.3, 0.4) is 0 Å². The number of aromatic nitrogens is 4. The van der Waals surface area contributed by atoms with Crippen molar-refractivity contribution in [3.05, 3.63) is 11.3 Å². The molecule has 0 radical (unpaired) electrons. The monoisotopic (exact) mass is 320 g/mol. The Labute approximate surface area is 130 Å². The van der Waals surface area contributed by atoms with Gasteiger partial charge in [0.1, 0.15) is 30.0 Å². The van der Waals surface area contributed by atoms with Crippen LogP contribution in [-0.2, 0) is 9.47 Å². The third-order valence-corrected chi connectivity index (χ3v) is 3.64. The smallest absolute Gasteiger partial charge is 0.227 e. The Kier molecular flexibility index (Phi) is 3.91. The van der Waals surface area contributed by atoms with E-state index in [9.17, 15) is 10.2 Å². The van der Waals surface area contributed by atoms with Crippen LogP contribution in [0.25, 0.3) is 11.0 Å². The lowest BCUT2D eigenvalue weighted by atomic mass is 10.2. The first kappa shape index (κ1) is 15.3. The molecular weight excluding hydrogens is 304 g/mol. The summed E-state index contributed by atoms with van der Waals surface area (Å²) in [6.07, 6.45) is 0.398. The number of anilines is 1. The molecule has 3 heterocycles. The maximum atomic E-state index is 9.89. The van der Waals surface area contributed by atoms with E-state index in [-0.39, 0.29) is 24.5 Å². The second-order valence-corrected chi connectivity index (χ2v) is 5.03. The number of aliphatic hydroxyl groups is 2. The molecule has 2 aromatic rings. The summed E-state index contributed by atoms with van der Waals surface area (Å²) < 4.78 is 11.7. The number of rotatable bonds is 2. The third-order valence-electron chi connectivity index (χ3n) is 3.64. The molecule has 6 N–H and O–H groups in total. The van der Waals surface area contributed by atoms with Crippen LogP contribution < -0.4 is 11.4 Å². The second-order valence-electron chi connectivity index (χ2n) is 5.03. The van der Waals surface area contributed by atoms with E-state index < -0.39 is 18.4 Å². The van der Waals surface area contributed by atoms with E-state index in [1.807, 2.05) is 0 Å². The standard InChI is InChI=1S/C13H16N6O4/c1-22-3-2-6-10-11(14)16-13(15)19(12(10)18-17-6)9-4-7(21)8(5-20)23-9/h7-9,20-21H,4-5H2,1H3,(H,17,18)(H3,14,15,16). The molecule has 0 spiro atoms. The molecule has 1 fully saturated rings. The molecule has 3 rings (SSSR count). The number of hydrogen-bond donors (Lipinski definition) is 5. The Hall–Kier alpha value is -2.61. The molecule has 0 bridgehead atoms. The largest absolute Gasteiger partial charge is 0.450 e. The van der Waals surface area contributed by atoms with Crippen molar-refractivity contribution in [1.29, 1.82) is 5.41 Å². The highest BCUT2D eigenvalue weighted by molar-refractivity contribution is 5.90. The average Bonchev–Trinajstić information content (AvgIpc) is 3.09. The molecule has 1 saturated heterocycles. The average molecular weight is 320 g/mol. The Morgan fingerprint density at radius 1 is 1.61 bits per heavy atom. The molecule has 0 aromatic carbocycles. The SMILES string of the molecule is COC#Cc1[nH]nc2c1c(N)nc(=N)n2C1CC(O)C(CO)O1. The number of hydrogen-bond acceptors (Lipinski definition) is 8. The molecule has 0 amide bonds. The number of nitrogen functional groups attached to an aromatic ring is 1. The number of nitrogens with one attached hydrogen (secondary N) is 2. The van der Waals surface area contributed by atoms with E-state index in [1.165, 1.54) is 11.7 Å². The Bertz CT molecular complexity index is 848. The Balaban J connectivity index is 2.15. The maximum Gasteiger partial charge on any atom is 0.227 e. The van der Waals surface area contributed by atoms with Gasteiger partial charge in [-0.1, -0.05) is 0 Å². The van der Waals surface area contributed by atoms with E-state index in [4.69, 9.17) is 20.6 Å². The van der Waals surface area contributed by atoms with Crippen molar-refractivity contribution in [2.24, 2.45) is 0 Å². The summed E-state index contributed by atoms with van der Waals surface area (Å²) in [7, 11) is 1.43. The van der Waals surface area contributed by atoms with Gasteiger partial charge in [0.05, 0.1) is 25.2 Å². The molecular formula is C13H16N6O4. The quantitative estimate of drug-likeness (QED) is 0.418. The first-order valence-corrected chi connectivity index (χ1v) is 6.85. The van der Waals surface area contributed by atoms with Gasteiger partial charge in [-0.05, 0) is 5.92 Å². The van der Waals surface area contributed by atoms with E-state index in [2.05, 4.69) is 27.2 Å². The summed E-state index contributed by atoms with van der Waals surface area (Å²) in [5.41, 5.74) is 6.45. The van der Waals surface area contributed by atoms with Gasteiger partial charge >= 0.3 is 0 Å². The summed E-state index contributed by atoms with van der Waals surface area (Å²) in [5.74, 6) is 2.81. The molecule has 3 atom stereocenters. The number of methoxy groups -OCH3 is 1. The highest BCUT2D eigenvalue weighted by Crippen LogP contribution is 2.30. The zero-order chi connectivity index (χ0) is 16.6. The molecule has 23 heavy (non-hydrogen) atoms. The molecule has 122 valence electrons. The second kappa shape index (κ2) is 5.88. The van der Waals surface area contributed by atoms with Crippen LogP contribution in [-0.4, -0.2) is 55.9 Å². The predicted octanol–water partition coefficient (Wildman–Crippen LogP) is -1.58. The van der Waals surface area contributed by atoms with Crippen molar-refractivity contribution in [1.82, 2.24) is 19.7 Å². The van der Waals surface area contributed by atoms with Crippen LogP contribution in [0, 0.1) is 17.4 Å². The molecule has 10 nitrogen and oxygen atoms in total. The number of H-pyrrole nitrogens is 1. The van der Waals surface area contributed by atoms with Crippen molar-refractivity contribution in [3.63, 3.8) is 0 Å². The van der Waals surface area contributed by atoms with Crippen molar-refractivity contribution >= 4 is 16.9 Å². The minimum absolute atomic E-state index is 0.104. The minimum atomic E-state index is -0.837. The number of nitrogens with two attached hydrogens (primary N) is 1. The summed E-state index contributed by atoms with van der Waals surface area (Å²) in [4.78, 5) is 3.98. The first-order valence-electron chi connectivity index (χ1n) is 6.85. The van der Waals surface area contributed by atoms with E-state index in [1.54, 1.807) is 0 Å². The summed E-state index contributed by atoms with van der Waals surface area (Å²) in [6, 6.07) is 0. The third kappa shape index (κ3) is 2.50. The number of aliphatic hydroxyl groups excluding tert-OH is 2. The van der Waals surface area contributed by atoms with Crippen LogP contribution in [0.4, 0.5) is 5.82 Å². The Morgan fingerprint density at radius 3 is 3.04 bits per heavy atom. The summed E-state index contributed by atoms with van der Waals surface area (Å²) >= 11 is 0. The molecule has 2 aromatic heterocycles. The van der Waals surface area contributed by atoms with E-state index in [0.717, 1.165) is 0 Å². The molecule has 3 unspecified atom stereocenters. The molecule has 10 heteroatoms. The zero-order valence-corrected chi connectivity index (χ0v) is 12.3. The fourth-order valence-corrected chi connectivity index (χ4v) is 2.58. The molecule has 0 aliphatic carbocycles. The maximum absolute atomic E-state index is 9.89. The van der Waals surface area contributed by atoms with Gasteiger partial charge in [-0.3, -0.25) is 15.1 Å². The van der Waals surface area contributed by atoms with Gasteiger partial charge in [-0.2, -0.15) is 10.1 Å². The fraction of sp³-hybridized carbons (Fsp3) is 0.462. The van der Waals surface area contributed by atoms with Gasteiger partial charge in [0.2, 0.25) is 5.62 Å². The van der Waals surface area contributed by atoms with Crippen molar-refractivity contribution in [3.8, 4) is 12.0 Å². The van der Waals surface area contributed by atoms with Gasteiger partial charge in [0.15, 0.2) is 5.65 Å². The first-order chi connectivity index (χ1) is 11.1. The Morgan fingerprint density at radius 2 is 2.39 bits per heavy atom. The van der Waals surface area contributed by atoms with Crippen LogP contribution in [0.1, 0.15) is 18.3 Å². The highest BCUT2D eigenvalue weighted by Gasteiger charge is 2.36. The van der Waals surface area contributed by atoms with E-state index >= 15 is 0 Å². The molecule has 0 saturated carbocycles. The lowest BCUT2D eigenvalue weighted by molar-refractivity contribution is -0.0448. The van der Waals surface area contributed by atoms with Crippen LogP contribution in [0.2, 0.25) is 0 Å². The topological polar surface area (TPSA) is 155 Å². The van der Waals surface area contributed by atoms with Crippen LogP contribution in [0.5, 0.6) is 0 Å². The van der Waals surface area contributed by atoms with Crippen LogP contribution >= 0.6 is 0 Å². The minimum Gasteiger partial charge on any atom is -0.450 e. The number of fused-ring (bicyclic) bond motifs is 1. The molecule has 1 aliphatic heterocycles. The summed E-state index contributed by atoms with van der Waals surface area (Å²) in [6.45, 7) is -0.317. The van der Waals surface area contributed by atoms with Crippen LogP contribution in [0.15, 0.2) is 0 Å². The van der Waals surface area contributed by atoms with Gasteiger partial charge in [0, 0.05) is 6.42 Å². The zero-order valence-electron chi connectivity index (χ0n) is 12.3. The lowest BCUT2D eigenvalue weighted by Gasteiger charge is -2.16. The summed E-state index contributed by atoms with van der Waals surface area (Å²) in [5, 5.41) is 34.4. The number of ether oxygens (including phenoxy) is 2. The van der Waals surface area contributed by atoms with Gasteiger partial charge in [0.25, 0.3) is 0 Å². The van der Waals surface area contributed by atoms with E-state index in [0.29, 0.717) is 16.7 Å². The highest BCUT2D eigenvalue weighted by atomic mass is 16.5. The van der Waals surface area contributed by atoms with Gasteiger partial charge in [-0.25, -0.2) is 0 Å². The molecule has 1 aliphatic rings. The van der Waals surface area contributed by atoms with Crippen molar-refractivity contribution < 1.29 is 19.7 Å². The predicted molar refractivity (Wildman–Crippen MR) is 77.7 cm³/mol. The van der Waals surface area contributed by atoms with Crippen molar-refractivity contribution in [2.75, 3.05) is 19.5 Å². The van der Waals surface area contributed by atoms with Gasteiger partial charge < -0.3 is 25.4 Å². The number of nitrogens with zero attached hydrogens (tertiary/aromatic N) is 3. The van der Waals surface area contributed by atoms with Gasteiger partial charge in [-0.15, -0.1) is 0 Å². The normalized spacial score (nSPS) is 23.7. The van der Waals surface area contributed by atoms with Crippen molar-refractivity contribution in [2.45, 2.75) is 24.9 Å².